The molecule has 0 atom stereocenters. The summed E-state index contributed by atoms with van der Waals surface area (Å²) in [5.74, 6) is 1.25. The molecule has 1 N–H and O–H groups in total. The summed E-state index contributed by atoms with van der Waals surface area (Å²) in [4.78, 5) is 9.15. The van der Waals surface area contributed by atoms with E-state index in [0.29, 0.717) is 17.5 Å². The molecule has 0 fully saturated rings. The van der Waals surface area contributed by atoms with E-state index in [9.17, 15) is 13.2 Å². The van der Waals surface area contributed by atoms with Crippen LogP contribution < -0.4 is 5.32 Å². The highest BCUT2D eigenvalue weighted by Gasteiger charge is 2.17. The molecule has 0 aliphatic rings. The predicted molar refractivity (Wildman–Crippen MR) is 412 cm³/mol. The molecule has 3 heterocycles. The minimum atomic E-state index is -0.212. The molecule has 0 spiro atoms. The fraction of sp³-hybridized carbons (Fsp3) is 0.128. The van der Waals surface area contributed by atoms with Crippen molar-refractivity contribution in [3.8, 4) is 67.5 Å². The van der Waals surface area contributed by atoms with E-state index >= 15 is 0 Å². The zero-order valence-corrected chi connectivity index (χ0v) is 60.0. The van der Waals surface area contributed by atoms with Crippen molar-refractivity contribution in [2.45, 2.75) is 52.4 Å². The average Bonchev–Trinajstić information content (AvgIpc) is 1.81. The zero-order valence-electron chi connectivity index (χ0n) is 58.4. The summed E-state index contributed by atoms with van der Waals surface area (Å²) in [6.07, 6.45) is 0. The Kier molecular flexibility index (Phi) is 25.5. The van der Waals surface area contributed by atoms with Gasteiger partial charge in [-0.15, -0.1) is 30.6 Å². The van der Waals surface area contributed by atoms with Gasteiger partial charge < -0.3 is 5.32 Å². The van der Waals surface area contributed by atoms with Crippen LogP contribution in [0.5, 0.6) is 0 Å². The Bertz CT molecular complexity index is 4910. The molecule has 0 aliphatic heterocycles. The fourth-order valence-electron chi connectivity index (χ4n) is 12.0. The van der Waals surface area contributed by atoms with Crippen LogP contribution in [-0.4, -0.2) is 70.4 Å². The molecule has 524 valence electrons. The fourth-order valence-corrected chi connectivity index (χ4v) is 12.2. The number of nitrogens with one attached hydrogen (secondary N) is 1. The SMILES string of the molecule is Cn1nnc(-c2ccccc2-c2ccc(Br)cc2)n1.Cn1nnc(-c2ccccc2-c2ccc(CN(Cc3ccccc3)Cc3ccc(F)cc3)cc2)n1.Cn1nnc(-c2ccccc2-c2ccc(CN(Cc3ccccc3)Cc3ccc(F)cc3)cc2)n1.Fc1ccc(CNCc2ccccc2)cc1. The molecule has 0 saturated heterocycles. The van der Waals surface area contributed by atoms with Crippen molar-refractivity contribution in [1.82, 2.24) is 75.7 Å². The van der Waals surface area contributed by atoms with Gasteiger partial charge in [0.25, 0.3) is 0 Å². The Morgan fingerprint density at radius 1 is 0.276 bits per heavy atom. The van der Waals surface area contributed by atoms with Crippen molar-refractivity contribution in [3.05, 3.63) is 376 Å². The van der Waals surface area contributed by atoms with Crippen LogP contribution in [0.25, 0.3) is 67.5 Å². The minimum absolute atomic E-state index is 0.188. The molecule has 15 rings (SSSR count). The van der Waals surface area contributed by atoms with E-state index in [2.05, 4.69) is 217 Å². The van der Waals surface area contributed by atoms with Crippen molar-refractivity contribution in [2.75, 3.05) is 0 Å². The summed E-state index contributed by atoms with van der Waals surface area (Å²) < 4.78 is 40.5. The first kappa shape index (κ1) is 72.8. The topological polar surface area (TPSA) is 149 Å². The number of tetrazole rings is 3. The molecule has 15 aromatic rings. The number of hydrogen-bond acceptors (Lipinski definition) is 12. The smallest absolute Gasteiger partial charge is 0.205 e. The summed E-state index contributed by atoms with van der Waals surface area (Å²) in [5.41, 5.74) is 18.9. The molecule has 0 bridgehead atoms. The normalized spacial score (nSPS) is 10.9. The summed E-state index contributed by atoms with van der Waals surface area (Å²) >= 11 is 3.45. The second-order valence-electron chi connectivity index (χ2n) is 25.1. The first-order valence-electron chi connectivity index (χ1n) is 34.3. The number of aryl methyl sites for hydroxylation is 3. The average molecular weight is 1460 g/mol. The Balaban J connectivity index is 0.000000138. The number of aromatic nitrogens is 12. The Labute approximate surface area is 618 Å². The maximum Gasteiger partial charge on any atom is 0.205 e. The van der Waals surface area contributed by atoms with Crippen molar-refractivity contribution in [2.24, 2.45) is 21.1 Å². The van der Waals surface area contributed by atoms with Gasteiger partial charge in [-0.05, 0) is 142 Å². The summed E-state index contributed by atoms with van der Waals surface area (Å²) in [6.45, 7) is 6.23. The highest BCUT2D eigenvalue weighted by atomic mass is 79.9. The number of nitrogens with zero attached hydrogens (tertiary/aromatic N) is 14. The van der Waals surface area contributed by atoms with Gasteiger partial charge in [0.15, 0.2) is 0 Å². The van der Waals surface area contributed by atoms with Crippen LogP contribution in [0.3, 0.4) is 0 Å². The lowest BCUT2D eigenvalue weighted by molar-refractivity contribution is 0.247. The van der Waals surface area contributed by atoms with Gasteiger partial charge in [0, 0.05) is 73.5 Å². The van der Waals surface area contributed by atoms with Crippen molar-refractivity contribution >= 4 is 15.9 Å². The summed E-state index contributed by atoms with van der Waals surface area (Å²) in [7, 11) is 5.29. The van der Waals surface area contributed by atoms with Gasteiger partial charge in [-0.2, -0.15) is 14.4 Å². The van der Waals surface area contributed by atoms with Gasteiger partial charge >= 0.3 is 0 Å². The molecule has 105 heavy (non-hydrogen) atoms. The molecular formula is C86H77BrF3N15. The summed E-state index contributed by atoms with van der Waals surface area (Å²) in [6, 6.07) is 101. The third-order valence-electron chi connectivity index (χ3n) is 17.1. The van der Waals surface area contributed by atoms with Crippen LogP contribution in [-0.2, 0) is 73.5 Å². The second-order valence-corrected chi connectivity index (χ2v) is 26.0. The quantitative estimate of drug-likeness (QED) is 0.0688. The van der Waals surface area contributed by atoms with Gasteiger partial charge in [0.05, 0.1) is 21.1 Å². The molecule has 19 heteroatoms. The zero-order chi connectivity index (χ0) is 72.5. The van der Waals surface area contributed by atoms with Crippen LogP contribution in [0.2, 0.25) is 0 Å². The lowest BCUT2D eigenvalue weighted by Gasteiger charge is -2.23. The van der Waals surface area contributed by atoms with Crippen LogP contribution in [0, 0.1) is 17.5 Å². The van der Waals surface area contributed by atoms with E-state index in [-0.39, 0.29) is 17.5 Å². The Morgan fingerprint density at radius 3 is 0.790 bits per heavy atom. The Morgan fingerprint density at radius 2 is 0.505 bits per heavy atom. The van der Waals surface area contributed by atoms with E-state index in [0.717, 1.165) is 124 Å². The van der Waals surface area contributed by atoms with Crippen molar-refractivity contribution in [3.63, 3.8) is 0 Å². The van der Waals surface area contributed by atoms with E-state index in [1.807, 2.05) is 121 Å². The number of hydrogen-bond donors (Lipinski definition) is 1. The first-order valence-corrected chi connectivity index (χ1v) is 35.1. The van der Waals surface area contributed by atoms with Crippen LogP contribution in [0.15, 0.2) is 314 Å². The first-order chi connectivity index (χ1) is 51.4. The molecule has 0 radical (unpaired) electrons. The molecule has 0 aliphatic carbocycles. The molecular weight excluding hydrogens is 1380 g/mol. The maximum atomic E-state index is 13.4. The molecule has 3 aromatic heterocycles. The number of halogens is 4. The third kappa shape index (κ3) is 21.5. The van der Waals surface area contributed by atoms with Gasteiger partial charge in [0.2, 0.25) is 17.5 Å². The highest BCUT2D eigenvalue weighted by Crippen LogP contribution is 2.34. The largest absolute Gasteiger partial charge is 0.309 e. The molecule has 0 amide bonds. The van der Waals surface area contributed by atoms with Crippen molar-refractivity contribution < 1.29 is 13.2 Å². The highest BCUT2D eigenvalue weighted by molar-refractivity contribution is 9.10. The van der Waals surface area contributed by atoms with Gasteiger partial charge in [-0.3, -0.25) is 9.80 Å². The molecule has 12 aromatic carbocycles. The maximum absolute atomic E-state index is 13.4. The number of benzene rings is 12. The standard InChI is InChI=1S/2C29H26FN5.C14H11BrN4.C14H14FN/c2*1-34-32-29(31-33-34)28-10-6-5-9-27(28)25-15-11-23(12-16-25)20-35(19-22-7-3-2-4-8-22)21-24-13-17-26(30)18-14-24;1-19-17-14(16-18-19)13-5-3-2-4-12(13)10-6-8-11(15)9-7-10;15-14-8-6-13(7-9-14)11-16-10-12-4-2-1-3-5-12/h2*2-18H,19-21H2,1H3;2-9H,1H3;1-9,16H,10-11H2. The summed E-state index contributed by atoms with van der Waals surface area (Å²) in [5, 5.41) is 40.6. The number of rotatable bonds is 22. The van der Waals surface area contributed by atoms with Gasteiger partial charge in [-0.25, -0.2) is 13.2 Å². The van der Waals surface area contributed by atoms with Gasteiger partial charge in [-0.1, -0.05) is 277 Å². The molecule has 0 saturated carbocycles. The van der Waals surface area contributed by atoms with E-state index in [1.165, 1.54) is 78.6 Å². The van der Waals surface area contributed by atoms with Crippen LogP contribution in [0.1, 0.15) is 44.5 Å². The van der Waals surface area contributed by atoms with Crippen molar-refractivity contribution in [1.29, 1.82) is 0 Å². The third-order valence-corrected chi connectivity index (χ3v) is 17.6. The minimum Gasteiger partial charge on any atom is -0.309 e. The monoisotopic (exact) mass is 1460 g/mol. The van der Waals surface area contributed by atoms with E-state index < -0.39 is 0 Å². The lowest BCUT2D eigenvalue weighted by Crippen LogP contribution is -2.22. The Hall–Kier alpha value is -12.0. The predicted octanol–water partition coefficient (Wildman–Crippen LogP) is 18.2. The van der Waals surface area contributed by atoms with Crippen LogP contribution in [0.4, 0.5) is 13.2 Å². The lowest BCUT2D eigenvalue weighted by atomic mass is 9.98. The van der Waals surface area contributed by atoms with Gasteiger partial charge in [0.1, 0.15) is 17.5 Å². The molecule has 0 unspecified atom stereocenters. The second kappa shape index (κ2) is 36.7. The van der Waals surface area contributed by atoms with E-state index in [1.54, 1.807) is 33.3 Å². The van der Waals surface area contributed by atoms with Crippen LogP contribution >= 0.6 is 15.9 Å². The molecule has 15 nitrogen and oxygen atoms in total. The van der Waals surface area contributed by atoms with E-state index in [4.69, 9.17) is 0 Å².